The molecule has 1 amide bonds. The van der Waals surface area contributed by atoms with Crippen molar-refractivity contribution in [3.05, 3.63) is 58.6 Å². The molecular weight excluding hydrogens is 499 g/mol. The van der Waals surface area contributed by atoms with Crippen LogP contribution in [0.4, 0.5) is 18.0 Å². The number of hydrogen-bond acceptors (Lipinski definition) is 5. The molecule has 2 rings (SSSR count). The quantitative estimate of drug-likeness (QED) is 0.344. The molecule has 198 valence electrons. The second kappa shape index (κ2) is 11.9. The van der Waals surface area contributed by atoms with E-state index >= 15 is 0 Å². The van der Waals surface area contributed by atoms with Gasteiger partial charge in [-0.15, -0.1) is 0 Å². The Morgan fingerprint density at radius 3 is 2.25 bits per heavy atom. The summed E-state index contributed by atoms with van der Waals surface area (Å²) in [6.45, 7) is 8.56. The van der Waals surface area contributed by atoms with Gasteiger partial charge in [0.15, 0.2) is 0 Å². The van der Waals surface area contributed by atoms with Crippen LogP contribution < -0.4 is 10.1 Å². The summed E-state index contributed by atoms with van der Waals surface area (Å²) in [4.78, 5) is 24.9. The zero-order valence-electron chi connectivity index (χ0n) is 20.9. The molecule has 10 heteroatoms. The number of benzene rings is 2. The van der Waals surface area contributed by atoms with Crippen LogP contribution in [0.5, 0.6) is 11.5 Å². The van der Waals surface area contributed by atoms with E-state index in [0.29, 0.717) is 17.9 Å². The third kappa shape index (κ3) is 8.93. The second-order valence-corrected chi connectivity index (χ2v) is 9.82. The number of hydrogen-bond donors (Lipinski definition) is 1. The van der Waals surface area contributed by atoms with Gasteiger partial charge in [-0.3, -0.25) is 0 Å². The Balaban J connectivity index is 2.06. The molecular formula is C26H31ClF3NO5. The molecule has 0 aliphatic rings. The van der Waals surface area contributed by atoms with Crippen LogP contribution in [0.1, 0.15) is 58.6 Å². The topological polar surface area (TPSA) is 73.9 Å². The SMILES string of the molecule is CCOC(=O)C(C)(CCCc1ccc(Oc2cccc(C(F)(F)F)c2)cc1Cl)NC(=O)OC(C)(C)C. The van der Waals surface area contributed by atoms with Gasteiger partial charge in [-0.1, -0.05) is 23.7 Å². The molecule has 2 aromatic carbocycles. The van der Waals surface area contributed by atoms with Crippen molar-refractivity contribution in [3.8, 4) is 11.5 Å². The van der Waals surface area contributed by atoms with Crippen molar-refractivity contribution >= 4 is 23.7 Å². The number of alkyl carbamates (subject to hydrolysis) is 1. The molecule has 6 nitrogen and oxygen atoms in total. The highest BCUT2D eigenvalue weighted by molar-refractivity contribution is 6.31. The van der Waals surface area contributed by atoms with Gasteiger partial charge in [-0.05, 0) is 89.8 Å². The highest BCUT2D eigenvalue weighted by Gasteiger charge is 2.37. The lowest BCUT2D eigenvalue weighted by atomic mass is 9.93. The summed E-state index contributed by atoms with van der Waals surface area (Å²) in [5, 5.41) is 2.98. The Hall–Kier alpha value is -2.94. The highest BCUT2D eigenvalue weighted by Crippen LogP contribution is 2.34. The molecule has 0 saturated heterocycles. The number of amides is 1. The van der Waals surface area contributed by atoms with Gasteiger partial charge >= 0.3 is 18.2 Å². The molecule has 2 aromatic rings. The normalized spacial score (nSPS) is 13.5. The van der Waals surface area contributed by atoms with E-state index in [-0.39, 0.29) is 24.5 Å². The lowest BCUT2D eigenvalue weighted by Gasteiger charge is -2.30. The second-order valence-electron chi connectivity index (χ2n) is 9.41. The van der Waals surface area contributed by atoms with Crippen molar-refractivity contribution in [1.82, 2.24) is 5.32 Å². The van der Waals surface area contributed by atoms with Crippen molar-refractivity contribution in [1.29, 1.82) is 0 Å². The largest absolute Gasteiger partial charge is 0.464 e. The molecule has 1 atom stereocenters. The Morgan fingerprint density at radius 1 is 1.00 bits per heavy atom. The van der Waals surface area contributed by atoms with Gasteiger partial charge in [0.2, 0.25) is 0 Å². The van der Waals surface area contributed by atoms with E-state index in [9.17, 15) is 22.8 Å². The molecule has 0 aromatic heterocycles. The lowest BCUT2D eigenvalue weighted by molar-refractivity contribution is -0.150. The fourth-order valence-electron chi connectivity index (χ4n) is 3.33. The number of carbonyl (C=O) groups excluding carboxylic acids is 2. The van der Waals surface area contributed by atoms with Crippen LogP contribution in [-0.2, 0) is 26.9 Å². The van der Waals surface area contributed by atoms with Crippen molar-refractivity contribution in [3.63, 3.8) is 0 Å². The molecule has 36 heavy (non-hydrogen) atoms. The standard InChI is InChI=1S/C26H31ClF3NO5/c1-6-34-22(32)25(5,31-23(33)36-24(2,3)4)14-8-9-17-12-13-20(16-21(17)27)35-19-11-7-10-18(15-19)26(28,29)30/h7,10-13,15-16H,6,8-9,14H2,1-5H3,(H,31,33). The van der Waals surface area contributed by atoms with Crippen LogP contribution in [0.3, 0.4) is 0 Å². The fourth-order valence-corrected chi connectivity index (χ4v) is 3.60. The van der Waals surface area contributed by atoms with Crippen LogP contribution in [0.15, 0.2) is 42.5 Å². The molecule has 0 bridgehead atoms. The summed E-state index contributed by atoms with van der Waals surface area (Å²) in [5.41, 5.74) is -2.11. The fraction of sp³-hybridized carbons (Fsp3) is 0.462. The molecule has 0 aliphatic carbocycles. The van der Waals surface area contributed by atoms with Gasteiger partial charge in [-0.2, -0.15) is 13.2 Å². The maximum atomic E-state index is 12.9. The zero-order valence-corrected chi connectivity index (χ0v) is 21.7. The minimum atomic E-state index is -4.47. The molecule has 1 unspecified atom stereocenters. The first-order chi connectivity index (χ1) is 16.6. The summed E-state index contributed by atoms with van der Waals surface area (Å²) in [7, 11) is 0. The van der Waals surface area contributed by atoms with E-state index in [1.54, 1.807) is 46.8 Å². The number of halogens is 4. The van der Waals surface area contributed by atoms with Gasteiger partial charge in [-0.25, -0.2) is 9.59 Å². The monoisotopic (exact) mass is 529 g/mol. The molecule has 0 heterocycles. The van der Waals surface area contributed by atoms with Crippen molar-refractivity contribution in [2.75, 3.05) is 6.61 Å². The number of esters is 1. The minimum absolute atomic E-state index is 0.0343. The number of nitrogens with one attached hydrogen (secondary N) is 1. The van der Waals surface area contributed by atoms with Crippen molar-refractivity contribution in [2.24, 2.45) is 0 Å². The molecule has 0 aliphatic heterocycles. The molecule has 0 radical (unpaired) electrons. The highest BCUT2D eigenvalue weighted by atomic mass is 35.5. The van der Waals surface area contributed by atoms with Gasteiger partial charge < -0.3 is 19.5 Å². The minimum Gasteiger partial charge on any atom is -0.464 e. The predicted octanol–water partition coefficient (Wildman–Crippen LogP) is 7.32. The first-order valence-electron chi connectivity index (χ1n) is 11.4. The summed E-state index contributed by atoms with van der Waals surface area (Å²) < 4.78 is 54.7. The third-order valence-corrected chi connectivity index (χ3v) is 5.40. The Bertz CT molecular complexity index is 1070. The Kier molecular flexibility index (Phi) is 9.65. The Labute approximate surface area is 214 Å². The van der Waals surface area contributed by atoms with Crippen LogP contribution in [-0.4, -0.2) is 29.8 Å². The van der Waals surface area contributed by atoms with E-state index in [2.05, 4.69) is 5.32 Å². The van der Waals surface area contributed by atoms with Gasteiger partial charge in [0.25, 0.3) is 0 Å². The summed E-state index contributed by atoms with van der Waals surface area (Å²) in [5.74, 6) is -0.259. The first-order valence-corrected chi connectivity index (χ1v) is 11.8. The van der Waals surface area contributed by atoms with E-state index < -0.39 is 34.9 Å². The van der Waals surface area contributed by atoms with Gasteiger partial charge in [0.1, 0.15) is 22.6 Å². The summed E-state index contributed by atoms with van der Waals surface area (Å²) >= 11 is 6.38. The maximum absolute atomic E-state index is 12.9. The smallest absolute Gasteiger partial charge is 0.416 e. The maximum Gasteiger partial charge on any atom is 0.416 e. The van der Waals surface area contributed by atoms with Crippen molar-refractivity contribution in [2.45, 2.75) is 71.2 Å². The third-order valence-electron chi connectivity index (χ3n) is 5.05. The average Bonchev–Trinajstić information content (AvgIpc) is 2.73. The van der Waals surface area contributed by atoms with Gasteiger partial charge in [0.05, 0.1) is 12.2 Å². The molecule has 0 saturated carbocycles. The summed E-state index contributed by atoms with van der Waals surface area (Å²) in [6, 6.07) is 9.38. The lowest BCUT2D eigenvalue weighted by Crippen LogP contribution is -2.54. The van der Waals surface area contributed by atoms with Crippen molar-refractivity contribution < 1.29 is 37.0 Å². The molecule has 1 N–H and O–H groups in total. The Morgan fingerprint density at radius 2 is 1.67 bits per heavy atom. The average molecular weight is 530 g/mol. The number of ether oxygens (including phenoxy) is 3. The van der Waals surface area contributed by atoms with Crippen LogP contribution in [0.2, 0.25) is 5.02 Å². The van der Waals surface area contributed by atoms with E-state index in [1.165, 1.54) is 18.2 Å². The molecule has 0 fully saturated rings. The van der Waals surface area contributed by atoms with Crippen LogP contribution >= 0.6 is 11.6 Å². The number of alkyl halides is 3. The predicted molar refractivity (Wildman–Crippen MR) is 130 cm³/mol. The van der Waals surface area contributed by atoms with E-state index in [4.69, 9.17) is 25.8 Å². The van der Waals surface area contributed by atoms with E-state index in [0.717, 1.165) is 17.7 Å². The van der Waals surface area contributed by atoms with Crippen LogP contribution in [0.25, 0.3) is 0 Å². The zero-order chi connectivity index (χ0) is 27.1. The summed E-state index contributed by atoms with van der Waals surface area (Å²) in [6.07, 6.45) is -4.01. The van der Waals surface area contributed by atoms with Crippen LogP contribution in [0, 0.1) is 0 Å². The number of rotatable bonds is 9. The molecule has 0 spiro atoms. The number of carbonyl (C=O) groups is 2. The first kappa shape index (κ1) is 29.3. The van der Waals surface area contributed by atoms with E-state index in [1.807, 2.05) is 0 Å². The number of aryl methyl sites for hydroxylation is 1. The van der Waals surface area contributed by atoms with Gasteiger partial charge in [0, 0.05) is 5.02 Å².